The Balaban J connectivity index is 1.87. The third kappa shape index (κ3) is 5.43. The maximum absolute atomic E-state index is 12.3. The van der Waals surface area contributed by atoms with Gasteiger partial charge in [0.05, 0.1) is 17.7 Å². The van der Waals surface area contributed by atoms with Crippen LogP contribution in [-0.4, -0.2) is 59.6 Å². The fraction of sp³-hybridized carbons (Fsp3) is 0.556. The lowest BCUT2D eigenvalue weighted by Gasteiger charge is -2.38. The van der Waals surface area contributed by atoms with E-state index in [1.807, 2.05) is 25.7 Å². The zero-order chi connectivity index (χ0) is 19.3. The lowest BCUT2D eigenvalue weighted by atomic mass is 10.1. The molecule has 0 spiro atoms. The number of nitriles is 1. The molecule has 0 bridgehead atoms. The quantitative estimate of drug-likeness (QED) is 0.839. The summed E-state index contributed by atoms with van der Waals surface area (Å²) in [5, 5.41) is 14.1. The Hall–Kier alpha value is -2.66. The Morgan fingerprint density at radius 3 is 2.50 bits per heavy atom. The van der Waals surface area contributed by atoms with Crippen molar-refractivity contribution in [1.29, 1.82) is 5.26 Å². The second kappa shape index (κ2) is 8.15. The van der Waals surface area contributed by atoms with Crippen molar-refractivity contribution in [2.24, 2.45) is 0 Å². The summed E-state index contributed by atoms with van der Waals surface area (Å²) < 4.78 is 0. The molecular weight excluding hydrogens is 332 g/mol. The standard InChI is InChI=1S/C18H26N6O2/c1-13(16(25)21-17(26)22-18(2,3)4)23-7-9-24(10-8-23)15-11-14(12-19)5-6-20-15/h5-6,11,13H,7-10H2,1-4H3,(H2,21,22,25,26). The summed E-state index contributed by atoms with van der Waals surface area (Å²) in [5.41, 5.74) is 0.180. The van der Waals surface area contributed by atoms with Crippen molar-refractivity contribution >= 4 is 17.8 Å². The average molecular weight is 358 g/mol. The van der Waals surface area contributed by atoms with Gasteiger partial charge in [-0.1, -0.05) is 0 Å². The fourth-order valence-corrected chi connectivity index (χ4v) is 2.75. The number of hydrogen-bond acceptors (Lipinski definition) is 6. The van der Waals surface area contributed by atoms with Crippen molar-refractivity contribution in [3.05, 3.63) is 23.9 Å². The van der Waals surface area contributed by atoms with Crippen LogP contribution in [0.25, 0.3) is 0 Å². The van der Waals surface area contributed by atoms with Crippen LogP contribution in [0.5, 0.6) is 0 Å². The normalized spacial score (nSPS) is 16.5. The van der Waals surface area contributed by atoms with Crippen molar-refractivity contribution in [1.82, 2.24) is 20.5 Å². The number of piperazine rings is 1. The number of pyridine rings is 1. The van der Waals surface area contributed by atoms with Gasteiger partial charge in [0.2, 0.25) is 5.91 Å². The molecule has 8 nitrogen and oxygen atoms in total. The molecule has 1 aromatic rings. The van der Waals surface area contributed by atoms with E-state index in [0.717, 1.165) is 5.82 Å². The lowest BCUT2D eigenvalue weighted by molar-refractivity contribution is -0.124. The Bertz CT molecular complexity index is 698. The van der Waals surface area contributed by atoms with Gasteiger partial charge in [-0.15, -0.1) is 0 Å². The van der Waals surface area contributed by atoms with E-state index in [1.165, 1.54) is 0 Å². The first-order chi connectivity index (χ1) is 12.2. The van der Waals surface area contributed by atoms with Crippen LogP contribution in [0, 0.1) is 11.3 Å². The molecule has 26 heavy (non-hydrogen) atoms. The second-order valence-electron chi connectivity index (χ2n) is 7.41. The molecule has 0 aromatic carbocycles. The van der Waals surface area contributed by atoms with Crippen molar-refractivity contribution in [3.8, 4) is 6.07 Å². The Morgan fingerprint density at radius 2 is 1.92 bits per heavy atom. The molecule has 1 atom stereocenters. The summed E-state index contributed by atoms with van der Waals surface area (Å²) in [6.45, 7) is 10.1. The second-order valence-corrected chi connectivity index (χ2v) is 7.41. The third-order valence-electron chi connectivity index (χ3n) is 4.17. The van der Waals surface area contributed by atoms with Gasteiger partial charge in [-0.05, 0) is 39.8 Å². The molecule has 0 radical (unpaired) electrons. The molecule has 1 fully saturated rings. The number of carbonyl (C=O) groups is 2. The predicted octanol–water partition coefficient (Wildman–Crippen LogP) is 1.09. The minimum Gasteiger partial charge on any atom is -0.354 e. The third-order valence-corrected chi connectivity index (χ3v) is 4.17. The van der Waals surface area contributed by atoms with Crippen LogP contribution in [0.15, 0.2) is 18.3 Å². The van der Waals surface area contributed by atoms with Crippen molar-refractivity contribution in [2.75, 3.05) is 31.1 Å². The molecule has 1 unspecified atom stereocenters. The number of anilines is 1. The highest BCUT2D eigenvalue weighted by Gasteiger charge is 2.27. The first kappa shape index (κ1) is 19.7. The molecule has 0 aliphatic carbocycles. The Kier molecular flexibility index (Phi) is 6.16. The van der Waals surface area contributed by atoms with Crippen LogP contribution in [0.4, 0.5) is 10.6 Å². The minimum atomic E-state index is -0.481. The van der Waals surface area contributed by atoms with Crippen LogP contribution in [0.1, 0.15) is 33.3 Å². The summed E-state index contributed by atoms with van der Waals surface area (Å²) in [4.78, 5) is 32.6. The maximum Gasteiger partial charge on any atom is 0.321 e. The Labute approximate surface area is 154 Å². The number of hydrogen-bond donors (Lipinski definition) is 2. The summed E-state index contributed by atoms with van der Waals surface area (Å²) in [7, 11) is 0. The van der Waals surface area contributed by atoms with Gasteiger partial charge in [0.25, 0.3) is 0 Å². The number of nitrogens with one attached hydrogen (secondary N) is 2. The number of aromatic nitrogens is 1. The zero-order valence-corrected chi connectivity index (χ0v) is 15.7. The smallest absolute Gasteiger partial charge is 0.321 e. The number of rotatable bonds is 3. The predicted molar refractivity (Wildman–Crippen MR) is 98.6 cm³/mol. The summed E-state index contributed by atoms with van der Waals surface area (Å²) in [5.74, 6) is 0.454. The van der Waals surface area contributed by atoms with Crippen LogP contribution in [0.2, 0.25) is 0 Å². The molecule has 2 heterocycles. The Morgan fingerprint density at radius 1 is 1.27 bits per heavy atom. The number of amides is 3. The molecule has 1 aliphatic heterocycles. The zero-order valence-electron chi connectivity index (χ0n) is 15.7. The fourth-order valence-electron chi connectivity index (χ4n) is 2.75. The topological polar surface area (TPSA) is 101 Å². The van der Waals surface area contributed by atoms with Crippen LogP contribution in [0.3, 0.4) is 0 Å². The van der Waals surface area contributed by atoms with Gasteiger partial charge in [-0.25, -0.2) is 9.78 Å². The van der Waals surface area contributed by atoms with E-state index in [0.29, 0.717) is 31.7 Å². The van der Waals surface area contributed by atoms with Gasteiger partial charge >= 0.3 is 6.03 Å². The number of imide groups is 1. The van der Waals surface area contributed by atoms with Crippen LogP contribution < -0.4 is 15.5 Å². The number of urea groups is 1. The highest BCUT2D eigenvalue weighted by atomic mass is 16.2. The average Bonchev–Trinajstić information content (AvgIpc) is 2.59. The van der Waals surface area contributed by atoms with Gasteiger partial charge in [0, 0.05) is 37.9 Å². The van der Waals surface area contributed by atoms with Gasteiger partial charge in [0.15, 0.2) is 0 Å². The van der Waals surface area contributed by atoms with E-state index >= 15 is 0 Å². The minimum absolute atomic E-state index is 0.315. The molecule has 1 saturated heterocycles. The first-order valence-corrected chi connectivity index (χ1v) is 8.68. The van der Waals surface area contributed by atoms with Crippen LogP contribution >= 0.6 is 0 Å². The molecule has 3 amide bonds. The van der Waals surface area contributed by atoms with Crippen molar-refractivity contribution < 1.29 is 9.59 Å². The molecule has 8 heteroatoms. The first-order valence-electron chi connectivity index (χ1n) is 8.68. The molecular formula is C18H26N6O2. The monoisotopic (exact) mass is 358 g/mol. The molecule has 2 N–H and O–H groups in total. The lowest BCUT2D eigenvalue weighted by Crippen LogP contribution is -2.56. The van der Waals surface area contributed by atoms with E-state index in [2.05, 4.69) is 26.6 Å². The largest absolute Gasteiger partial charge is 0.354 e. The van der Waals surface area contributed by atoms with Gasteiger partial charge < -0.3 is 10.2 Å². The van der Waals surface area contributed by atoms with Gasteiger partial charge in [0.1, 0.15) is 5.82 Å². The highest BCUT2D eigenvalue weighted by Crippen LogP contribution is 2.16. The molecule has 1 aromatic heterocycles. The molecule has 0 saturated carbocycles. The van der Waals surface area contributed by atoms with E-state index in [-0.39, 0.29) is 5.91 Å². The van der Waals surface area contributed by atoms with E-state index in [9.17, 15) is 9.59 Å². The summed E-state index contributed by atoms with van der Waals surface area (Å²) in [6.07, 6.45) is 1.63. The highest BCUT2D eigenvalue weighted by molar-refractivity contribution is 5.97. The van der Waals surface area contributed by atoms with E-state index in [4.69, 9.17) is 5.26 Å². The number of carbonyl (C=O) groups excluding carboxylic acids is 2. The molecule has 140 valence electrons. The number of nitrogens with zero attached hydrogens (tertiary/aromatic N) is 4. The molecule has 1 aliphatic rings. The van der Waals surface area contributed by atoms with Gasteiger partial charge in [-0.2, -0.15) is 5.26 Å². The SMILES string of the molecule is CC(C(=O)NC(=O)NC(C)(C)C)N1CCN(c2cc(C#N)ccn2)CC1. The maximum atomic E-state index is 12.3. The molecule has 2 rings (SSSR count). The summed E-state index contributed by atoms with van der Waals surface area (Å²) in [6, 6.07) is 4.67. The van der Waals surface area contributed by atoms with E-state index in [1.54, 1.807) is 25.3 Å². The van der Waals surface area contributed by atoms with Gasteiger partial charge in [-0.3, -0.25) is 15.0 Å². The van der Waals surface area contributed by atoms with Crippen LogP contribution in [-0.2, 0) is 4.79 Å². The van der Waals surface area contributed by atoms with Crippen molar-refractivity contribution in [2.45, 2.75) is 39.3 Å². The van der Waals surface area contributed by atoms with E-state index < -0.39 is 17.6 Å². The summed E-state index contributed by atoms with van der Waals surface area (Å²) >= 11 is 0. The van der Waals surface area contributed by atoms with Crippen molar-refractivity contribution in [3.63, 3.8) is 0 Å².